The van der Waals surface area contributed by atoms with Crippen LogP contribution in [0.2, 0.25) is 0 Å². The first-order valence-corrected chi connectivity index (χ1v) is 4.63. The predicted octanol–water partition coefficient (Wildman–Crippen LogP) is 2.60. The van der Waals surface area contributed by atoms with Crippen LogP contribution in [0.25, 0.3) is 0 Å². The number of rotatable bonds is 2. The van der Waals surface area contributed by atoms with Crippen LogP contribution in [-0.4, -0.2) is 11.1 Å². The van der Waals surface area contributed by atoms with Gasteiger partial charge in [-0.15, -0.1) is 0 Å². The first kappa shape index (κ1) is 9.30. The zero-order chi connectivity index (χ0) is 8.97. The van der Waals surface area contributed by atoms with Crippen molar-refractivity contribution in [1.82, 2.24) is 0 Å². The molecule has 0 spiro atoms. The number of aliphatic carboxylic acids is 1. The van der Waals surface area contributed by atoms with E-state index in [1.165, 1.54) is 12.8 Å². The first-order valence-electron chi connectivity index (χ1n) is 4.63. The lowest BCUT2D eigenvalue weighted by Gasteiger charge is -2.09. The van der Waals surface area contributed by atoms with E-state index in [2.05, 4.69) is 6.08 Å². The van der Waals surface area contributed by atoms with Crippen molar-refractivity contribution in [3.8, 4) is 0 Å². The summed E-state index contributed by atoms with van der Waals surface area (Å²) in [5.41, 5.74) is 1.13. The quantitative estimate of drug-likeness (QED) is 0.643. The fourth-order valence-electron chi connectivity index (χ4n) is 1.59. The van der Waals surface area contributed by atoms with Crippen molar-refractivity contribution in [3.63, 3.8) is 0 Å². The van der Waals surface area contributed by atoms with Gasteiger partial charge in [0.15, 0.2) is 0 Å². The van der Waals surface area contributed by atoms with E-state index in [9.17, 15) is 4.79 Å². The summed E-state index contributed by atoms with van der Waals surface area (Å²) in [5.74, 6) is -0.966. The number of carboxylic acid groups (broad SMARTS) is 1. The minimum Gasteiger partial charge on any atom is -0.481 e. The van der Waals surface area contributed by atoms with Crippen molar-refractivity contribution in [2.45, 2.75) is 39.0 Å². The highest BCUT2D eigenvalue weighted by atomic mass is 16.4. The minimum atomic E-state index is -0.692. The zero-order valence-electron chi connectivity index (χ0n) is 7.55. The van der Waals surface area contributed by atoms with E-state index in [4.69, 9.17) is 5.11 Å². The molecule has 12 heavy (non-hydrogen) atoms. The average Bonchev–Trinajstić information content (AvgIpc) is 2.30. The van der Waals surface area contributed by atoms with Gasteiger partial charge in [0, 0.05) is 0 Å². The molecule has 0 saturated heterocycles. The van der Waals surface area contributed by atoms with Gasteiger partial charge in [-0.3, -0.25) is 4.79 Å². The Morgan fingerprint density at radius 3 is 2.92 bits per heavy atom. The van der Waals surface area contributed by atoms with Crippen LogP contribution in [0.5, 0.6) is 0 Å². The topological polar surface area (TPSA) is 37.3 Å². The second-order valence-electron chi connectivity index (χ2n) is 3.44. The van der Waals surface area contributed by atoms with Gasteiger partial charge in [0.2, 0.25) is 0 Å². The zero-order valence-corrected chi connectivity index (χ0v) is 7.55. The number of carboxylic acids is 1. The molecular weight excluding hydrogens is 152 g/mol. The van der Waals surface area contributed by atoms with E-state index in [1.54, 1.807) is 6.92 Å². The summed E-state index contributed by atoms with van der Waals surface area (Å²) in [6, 6.07) is 0. The van der Waals surface area contributed by atoms with Gasteiger partial charge in [-0.25, -0.2) is 0 Å². The third-order valence-corrected chi connectivity index (χ3v) is 2.50. The Morgan fingerprint density at radius 2 is 2.25 bits per heavy atom. The number of allylic oxidation sites excluding steroid dienone is 1. The molecule has 1 unspecified atom stereocenters. The summed E-state index contributed by atoms with van der Waals surface area (Å²) in [7, 11) is 0. The Morgan fingerprint density at radius 1 is 1.50 bits per heavy atom. The van der Waals surface area contributed by atoms with Crippen LogP contribution in [0.1, 0.15) is 39.0 Å². The van der Waals surface area contributed by atoms with E-state index in [0.717, 1.165) is 24.8 Å². The third-order valence-electron chi connectivity index (χ3n) is 2.50. The Labute approximate surface area is 73.3 Å². The summed E-state index contributed by atoms with van der Waals surface area (Å²) >= 11 is 0. The summed E-state index contributed by atoms with van der Waals surface area (Å²) in [4.78, 5) is 10.7. The van der Waals surface area contributed by atoms with Crippen molar-refractivity contribution in [2.24, 2.45) is 5.92 Å². The van der Waals surface area contributed by atoms with Crippen molar-refractivity contribution >= 4 is 5.97 Å². The standard InChI is InChI=1S/C10H16O2/c1-8(10(11)12)9-6-4-2-3-5-7-9/h6,8H,2-5,7H2,1H3,(H,11,12). The van der Waals surface area contributed by atoms with Gasteiger partial charge in [0.05, 0.1) is 5.92 Å². The molecule has 0 amide bonds. The molecule has 2 nitrogen and oxygen atoms in total. The Hall–Kier alpha value is -0.790. The maximum atomic E-state index is 10.7. The van der Waals surface area contributed by atoms with Crippen LogP contribution in [0.15, 0.2) is 11.6 Å². The Bertz CT molecular complexity index is 194. The molecule has 0 fully saturated rings. The lowest BCUT2D eigenvalue weighted by molar-refractivity contribution is -0.139. The van der Waals surface area contributed by atoms with Gasteiger partial charge in [0.25, 0.3) is 0 Å². The summed E-state index contributed by atoms with van der Waals surface area (Å²) in [6.45, 7) is 1.78. The van der Waals surface area contributed by atoms with Crippen LogP contribution in [0.4, 0.5) is 0 Å². The first-order chi connectivity index (χ1) is 5.72. The van der Waals surface area contributed by atoms with Crippen LogP contribution in [-0.2, 0) is 4.79 Å². The lowest BCUT2D eigenvalue weighted by Crippen LogP contribution is -2.11. The molecule has 0 aromatic carbocycles. The summed E-state index contributed by atoms with van der Waals surface area (Å²) < 4.78 is 0. The second-order valence-corrected chi connectivity index (χ2v) is 3.44. The smallest absolute Gasteiger partial charge is 0.310 e. The molecule has 68 valence electrons. The molecule has 0 saturated carbocycles. The van der Waals surface area contributed by atoms with Crippen molar-refractivity contribution in [3.05, 3.63) is 11.6 Å². The molecular formula is C10H16O2. The Balaban J connectivity index is 2.58. The monoisotopic (exact) mass is 168 g/mol. The highest BCUT2D eigenvalue weighted by molar-refractivity contribution is 5.73. The molecule has 0 radical (unpaired) electrons. The number of hydrogen-bond donors (Lipinski definition) is 1. The van der Waals surface area contributed by atoms with Crippen molar-refractivity contribution in [1.29, 1.82) is 0 Å². The molecule has 0 aliphatic heterocycles. The molecule has 1 rings (SSSR count). The van der Waals surface area contributed by atoms with E-state index < -0.39 is 5.97 Å². The van der Waals surface area contributed by atoms with Crippen molar-refractivity contribution in [2.75, 3.05) is 0 Å². The van der Waals surface area contributed by atoms with Gasteiger partial charge in [-0.05, 0) is 32.6 Å². The minimum absolute atomic E-state index is 0.275. The maximum Gasteiger partial charge on any atom is 0.310 e. The van der Waals surface area contributed by atoms with Crippen LogP contribution in [0.3, 0.4) is 0 Å². The van der Waals surface area contributed by atoms with Crippen LogP contribution in [0, 0.1) is 5.92 Å². The van der Waals surface area contributed by atoms with Crippen molar-refractivity contribution < 1.29 is 9.90 Å². The van der Waals surface area contributed by atoms with Gasteiger partial charge >= 0.3 is 5.97 Å². The lowest BCUT2D eigenvalue weighted by atomic mass is 9.97. The number of hydrogen-bond acceptors (Lipinski definition) is 1. The van der Waals surface area contributed by atoms with Gasteiger partial charge < -0.3 is 5.11 Å². The maximum absolute atomic E-state index is 10.7. The molecule has 1 N–H and O–H groups in total. The largest absolute Gasteiger partial charge is 0.481 e. The van der Waals surface area contributed by atoms with Crippen LogP contribution < -0.4 is 0 Å². The molecule has 0 aromatic heterocycles. The highest BCUT2D eigenvalue weighted by Crippen LogP contribution is 2.23. The summed E-state index contributed by atoms with van der Waals surface area (Å²) in [5, 5.41) is 8.79. The van der Waals surface area contributed by atoms with Gasteiger partial charge in [-0.2, -0.15) is 0 Å². The SMILES string of the molecule is CC(C(=O)O)C1=CCCCCC1. The molecule has 1 atom stereocenters. The fourth-order valence-corrected chi connectivity index (χ4v) is 1.59. The molecule has 0 bridgehead atoms. The van der Waals surface area contributed by atoms with Crippen LogP contribution >= 0.6 is 0 Å². The van der Waals surface area contributed by atoms with Gasteiger partial charge in [0.1, 0.15) is 0 Å². The number of carbonyl (C=O) groups is 1. The average molecular weight is 168 g/mol. The third kappa shape index (κ3) is 2.36. The van der Waals surface area contributed by atoms with E-state index >= 15 is 0 Å². The predicted molar refractivity (Wildman–Crippen MR) is 48.0 cm³/mol. The van der Waals surface area contributed by atoms with E-state index in [0.29, 0.717) is 0 Å². The molecule has 1 aliphatic carbocycles. The Kier molecular flexibility index (Phi) is 3.32. The normalized spacial score (nSPS) is 20.9. The summed E-state index contributed by atoms with van der Waals surface area (Å²) in [6.07, 6.45) is 7.78. The fraction of sp³-hybridized carbons (Fsp3) is 0.700. The highest BCUT2D eigenvalue weighted by Gasteiger charge is 2.16. The second kappa shape index (κ2) is 4.29. The van der Waals surface area contributed by atoms with E-state index in [1.807, 2.05) is 0 Å². The van der Waals surface area contributed by atoms with E-state index in [-0.39, 0.29) is 5.92 Å². The molecule has 0 heterocycles. The molecule has 0 aromatic rings. The molecule has 2 heteroatoms. The van der Waals surface area contributed by atoms with Gasteiger partial charge in [-0.1, -0.05) is 18.1 Å². The molecule has 1 aliphatic rings.